The highest BCUT2D eigenvalue weighted by Gasteiger charge is 2.12. The third-order valence-corrected chi connectivity index (χ3v) is 0.649. The summed E-state index contributed by atoms with van der Waals surface area (Å²) in [5.41, 5.74) is 7.70. The summed E-state index contributed by atoms with van der Waals surface area (Å²) in [4.78, 5) is 12.1. The van der Waals surface area contributed by atoms with E-state index >= 15 is 0 Å². The predicted molar refractivity (Wildman–Crippen MR) is 27.7 cm³/mol. The zero-order chi connectivity index (χ0) is 7.28. The van der Waals surface area contributed by atoms with Crippen molar-refractivity contribution in [2.45, 2.75) is 6.04 Å². The Morgan fingerprint density at radius 1 is 1.89 bits per heavy atom. The number of aliphatic carboxylic acids is 1. The van der Waals surface area contributed by atoms with Crippen molar-refractivity contribution in [3.8, 4) is 0 Å². The molecule has 0 rings (SSSR count). The van der Waals surface area contributed by atoms with Gasteiger partial charge in [-0.2, -0.15) is 0 Å². The number of carbonyl (C=O) groups is 1. The molecule has 1 unspecified atom stereocenters. The number of hydrogen-bond acceptors (Lipinski definition) is 3. The third kappa shape index (κ3) is 2.53. The fourth-order valence-electron chi connectivity index (χ4n) is 0.226. The predicted octanol–water partition coefficient (Wildman–Crippen LogP) is -0.258. The van der Waals surface area contributed by atoms with Crippen molar-refractivity contribution in [2.75, 3.05) is 6.61 Å². The van der Waals surface area contributed by atoms with Crippen molar-refractivity contribution in [1.29, 1.82) is 0 Å². The van der Waals surface area contributed by atoms with Gasteiger partial charge in [-0.15, -0.1) is 0 Å². The Morgan fingerprint density at radius 3 is 2.56 bits per heavy atom. The number of hydrogen-bond donors (Lipinski definition) is 2. The SMILES string of the molecule is [N-]=[N+]=NC(CO)C(=O)O. The Kier molecular flexibility index (Phi) is 3.19. The van der Waals surface area contributed by atoms with Crippen LogP contribution in [0.4, 0.5) is 0 Å². The van der Waals surface area contributed by atoms with Crippen molar-refractivity contribution in [1.82, 2.24) is 0 Å². The molecule has 0 aromatic rings. The molecule has 0 bridgehead atoms. The fraction of sp³-hybridized carbons (Fsp3) is 0.667. The molecule has 0 amide bonds. The van der Waals surface area contributed by atoms with Crippen molar-refractivity contribution < 1.29 is 15.0 Å². The van der Waals surface area contributed by atoms with Gasteiger partial charge in [0.1, 0.15) is 0 Å². The molecule has 0 radical (unpaired) electrons. The first-order chi connectivity index (χ1) is 4.22. The number of carboxylic acid groups (broad SMARTS) is 1. The highest BCUT2D eigenvalue weighted by molar-refractivity contribution is 5.73. The lowest BCUT2D eigenvalue weighted by Gasteiger charge is -1.96. The second-order valence-corrected chi connectivity index (χ2v) is 1.24. The summed E-state index contributed by atoms with van der Waals surface area (Å²) < 4.78 is 0. The number of rotatable bonds is 3. The third-order valence-electron chi connectivity index (χ3n) is 0.649. The van der Waals surface area contributed by atoms with Crippen molar-refractivity contribution in [3.05, 3.63) is 10.4 Å². The van der Waals surface area contributed by atoms with E-state index in [1.165, 1.54) is 0 Å². The van der Waals surface area contributed by atoms with Crippen LogP contribution < -0.4 is 0 Å². The summed E-state index contributed by atoms with van der Waals surface area (Å²) in [6.45, 7) is -0.667. The standard InChI is InChI=1S/C3H5N3O3/c4-6-5-2(1-7)3(8)9/h2,7H,1H2,(H,8,9). The van der Waals surface area contributed by atoms with E-state index in [1.54, 1.807) is 0 Å². The smallest absolute Gasteiger partial charge is 0.314 e. The number of nitrogens with zero attached hydrogens (tertiary/aromatic N) is 3. The van der Waals surface area contributed by atoms with E-state index in [0.717, 1.165) is 0 Å². The van der Waals surface area contributed by atoms with E-state index in [1.807, 2.05) is 0 Å². The number of aliphatic hydroxyl groups is 1. The van der Waals surface area contributed by atoms with Crippen LogP contribution in [0.1, 0.15) is 0 Å². The van der Waals surface area contributed by atoms with Crippen LogP contribution in [0.2, 0.25) is 0 Å². The molecule has 0 aromatic carbocycles. The van der Waals surface area contributed by atoms with Crippen LogP contribution >= 0.6 is 0 Å². The largest absolute Gasteiger partial charge is 0.481 e. The van der Waals surface area contributed by atoms with Gasteiger partial charge in [0, 0.05) is 4.91 Å². The highest BCUT2D eigenvalue weighted by Crippen LogP contribution is 1.88. The van der Waals surface area contributed by atoms with Crippen molar-refractivity contribution in [3.63, 3.8) is 0 Å². The first-order valence-corrected chi connectivity index (χ1v) is 2.10. The first kappa shape index (κ1) is 7.74. The van der Waals surface area contributed by atoms with Crippen LogP contribution in [-0.2, 0) is 4.79 Å². The van der Waals surface area contributed by atoms with Gasteiger partial charge in [-0.1, -0.05) is 5.11 Å². The lowest BCUT2D eigenvalue weighted by Crippen LogP contribution is -2.20. The second-order valence-electron chi connectivity index (χ2n) is 1.24. The maximum Gasteiger partial charge on any atom is 0.314 e. The van der Waals surface area contributed by atoms with Crippen molar-refractivity contribution >= 4 is 5.97 Å². The van der Waals surface area contributed by atoms with Crippen LogP contribution in [-0.4, -0.2) is 28.8 Å². The molecule has 0 aliphatic rings. The molecule has 0 aromatic heterocycles. The van der Waals surface area contributed by atoms with Crippen LogP contribution in [0, 0.1) is 0 Å². The van der Waals surface area contributed by atoms with E-state index in [2.05, 4.69) is 10.0 Å². The average Bonchev–Trinajstić information content (AvgIpc) is 1.82. The summed E-state index contributed by atoms with van der Waals surface area (Å²) in [5, 5.41) is 19.0. The van der Waals surface area contributed by atoms with Crippen LogP contribution in [0.5, 0.6) is 0 Å². The molecule has 2 N–H and O–H groups in total. The Balaban J connectivity index is 3.98. The molecule has 50 valence electrons. The molecule has 0 heterocycles. The minimum Gasteiger partial charge on any atom is -0.481 e. The van der Waals surface area contributed by atoms with Gasteiger partial charge in [0.15, 0.2) is 6.04 Å². The Morgan fingerprint density at radius 2 is 2.44 bits per heavy atom. The lowest BCUT2D eigenvalue weighted by molar-refractivity contribution is -0.139. The van der Waals surface area contributed by atoms with Gasteiger partial charge >= 0.3 is 5.97 Å². The Bertz CT molecular complexity index is 148. The van der Waals surface area contributed by atoms with Gasteiger partial charge in [0.25, 0.3) is 0 Å². The molecule has 1 atom stereocenters. The van der Waals surface area contributed by atoms with E-state index in [-0.39, 0.29) is 0 Å². The van der Waals surface area contributed by atoms with E-state index in [4.69, 9.17) is 15.7 Å². The summed E-state index contributed by atoms with van der Waals surface area (Å²) in [5.74, 6) is -1.32. The molecule has 0 aliphatic carbocycles. The zero-order valence-corrected chi connectivity index (χ0v) is 4.43. The minimum atomic E-state index is -1.35. The number of aliphatic hydroxyl groups excluding tert-OH is 1. The van der Waals surface area contributed by atoms with Gasteiger partial charge in [-0.25, -0.2) is 0 Å². The molecule has 0 spiro atoms. The second kappa shape index (κ2) is 3.71. The molecule has 0 aliphatic heterocycles. The Labute approximate surface area is 50.4 Å². The molecule has 9 heavy (non-hydrogen) atoms. The van der Waals surface area contributed by atoms with Gasteiger partial charge in [0.05, 0.1) is 6.61 Å². The first-order valence-electron chi connectivity index (χ1n) is 2.10. The van der Waals surface area contributed by atoms with Crippen LogP contribution in [0.15, 0.2) is 5.11 Å². The molecular formula is C3H5N3O3. The summed E-state index contributed by atoms with van der Waals surface area (Å²) in [6, 6.07) is -1.35. The molecule has 0 saturated heterocycles. The Hall–Kier alpha value is -1.26. The summed E-state index contributed by atoms with van der Waals surface area (Å²) in [7, 11) is 0. The van der Waals surface area contributed by atoms with Gasteiger partial charge < -0.3 is 10.2 Å². The maximum absolute atomic E-state index is 9.90. The number of carboxylic acids is 1. The van der Waals surface area contributed by atoms with Crippen LogP contribution in [0.25, 0.3) is 10.4 Å². The molecule has 6 heteroatoms. The quantitative estimate of drug-likeness (QED) is 0.313. The van der Waals surface area contributed by atoms with Gasteiger partial charge in [-0.3, -0.25) is 4.79 Å². The lowest BCUT2D eigenvalue weighted by atomic mass is 10.3. The number of azide groups is 1. The fourth-order valence-corrected chi connectivity index (χ4v) is 0.226. The monoisotopic (exact) mass is 131 g/mol. The van der Waals surface area contributed by atoms with Gasteiger partial charge in [-0.05, 0) is 5.53 Å². The van der Waals surface area contributed by atoms with Crippen LogP contribution in [0.3, 0.4) is 0 Å². The van der Waals surface area contributed by atoms with E-state index < -0.39 is 18.6 Å². The normalized spacial score (nSPS) is 11.7. The van der Waals surface area contributed by atoms with Gasteiger partial charge in [0.2, 0.25) is 0 Å². The zero-order valence-electron chi connectivity index (χ0n) is 4.43. The minimum absolute atomic E-state index is 0.667. The van der Waals surface area contributed by atoms with E-state index in [9.17, 15) is 4.79 Å². The highest BCUT2D eigenvalue weighted by atomic mass is 16.4. The van der Waals surface area contributed by atoms with E-state index in [0.29, 0.717) is 0 Å². The molecule has 6 nitrogen and oxygen atoms in total. The summed E-state index contributed by atoms with van der Waals surface area (Å²) >= 11 is 0. The van der Waals surface area contributed by atoms with Crippen molar-refractivity contribution in [2.24, 2.45) is 5.11 Å². The average molecular weight is 131 g/mol. The topological polar surface area (TPSA) is 106 Å². The molecule has 0 saturated carbocycles. The summed E-state index contributed by atoms with van der Waals surface area (Å²) in [6.07, 6.45) is 0. The molecule has 0 fully saturated rings. The maximum atomic E-state index is 9.90. The molecular weight excluding hydrogens is 126 g/mol.